The van der Waals surface area contributed by atoms with E-state index in [2.05, 4.69) is 14.6 Å². The average Bonchev–Trinajstić information content (AvgIpc) is 3.28. The highest BCUT2D eigenvalue weighted by Gasteiger charge is 2.09. The largest absolute Gasteiger partial charge is 0.341 e. The first-order valence-electron chi connectivity index (χ1n) is 8.44. The van der Waals surface area contributed by atoms with Crippen molar-refractivity contribution in [1.82, 2.24) is 24.2 Å². The van der Waals surface area contributed by atoms with Gasteiger partial charge in [-0.3, -0.25) is 4.79 Å². The summed E-state index contributed by atoms with van der Waals surface area (Å²) in [7, 11) is 1.85. The summed E-state index contributed by atoms with van der Waals surface area (Å²) < 4.78 is 3.89. The van der Waals surface area contributed by atoms with Gasteiger partial charge >= 0.3 is 0 Å². The third-order valence-corrected chi connectivity index (χ3v) is 4.26. The number of carbonyl (C=O) groups excluding carboxylic acids is 1. The number of imidazole rings is 1. The van der Waals surface area contributed by atoms with Gasteiger partial charge in [0, 0.05) is 51.3 Å². The van der Waals surface area contributed by atoms with Crippen molar-refractivity contribution in [2.24, 2.45) is 0 Å². The maximum Gasteiger partial charge on any atom is 0.222 e. The first-order chi connectivity index (χ1) is 12.1. The van der Waals surface area contributed by atoms with Gasteiger partial charge in [0.15, 0.2) is 0 Å². The summed E-state index contributed by atoms with van der Waals surface area (Å²) in [6.07, 6.45) is 8.76. The molecule has 0 aliphatic rings. The van der Waals surface area contributed by atoms with Crippen molar-refractivity contribution in [2.45, 2.75) is 32.9 Å². The van der Waals surface area contributed by atoms with E-state index in [-0.39, 0.29) is 5.91 Å². The van der Waals surface area contributed by atoms with Crippen LogP contribution in [-0.4, -0.2) is 37.2 Å². The van der Waals surface area contributed by atoms with Gasteiger partial charge in [0.25, 0.3) is 0 Å². The number of rotatable bonds is 7. The minimum atomic E-state index is 0.161. The molecule has 3 aromatic rings. The number of carbonyl (C=O) groups is 1. The fourth-order valence-electron chi connectivity index (χ4n) is 2.77. The summed E-state index contributed by atoms with van der Waals surface area (Å²) in [5, 5.41) is 4.21. The Morgan fingerprint density at radius 2 is 1.96 bits per heavy atom. The lowest BCUT2D eigenvalue weighted by molar-refractivity contribution is -0.130. The molecule has 0 radical (unpaired) electrons. The van der Waals surface area contributed by atoms with Gasteiger partial charge in [0.05, 0.1) is 5.69 Å². The van der Waals surface area contributed by atoms with Crippen molar-refractivity contribution in [3.05, 3.63) is 66.5 Å². The molecule has 0 fully saturated rings. The van der Waals surface area contributed by atoms with Crippen LogP contribution in [-0.2, 0) is 17.9 Å². The number of hydrogen-bond donors (Lipinski definition) is 0. The molecule has 1 aromatic carbocycles. The van der Waals surface area contributed by atoms with Crippen LogP contribution in [0.3, 0.4) is 0 Å². The first kappa shape index (κ1) is 17.0. The normalized spacial score (nSPS) is 10.8. The van der Waals surface area contributed by atoms with Crippen molar-refractivity contribution < 1.29 is 4.79 Å². The van der Waals surface area contributed by atoms with Crippen LogP contribution in [0, 0.1) is 6.92 Å². The van der Waals surface area contributed by atoms with E-state index in [9.17, 15) is 4.79 Å². The van der Waals surface area contributed by atoms with Gasteiger partial charge in [-0.25, -0.2) is 9.67 Å². The summed E-state index contributed by atoms with van der Waals surface area (Å²) in [6.45, 7) is 3.41. The monoisotopic (exact) mass is 337 g/mol. The summed E-state index contributed by atoms with van der Waals surface area (Å²) in [6, 6.07) is 10.0. The second kappa shape index (κ2) is 7.79. The van der Waals surface area contributed by atoms with Crippen LogP contribution in [0.15, 0.2) is 55.1 Å². The van der Waals surface area contributed by atoms with E-state index in [0.29, 0.717) is 13.0 Å². The zero-order valence-corrected chi connectivity index (χ0v) is 14.7. The number of benzene rings is 1. The smallest absolute Gasteiger partial charge is 0.222 e. The van der Waals surface area contributed by atoms with Gasteiger partial charge in [0.1, 0.15) is 5.82 Å². The van der Waals surface area contributed by atoms with E-state index >= 15 is 0 Å². The van der Waals surface area contributed by atoms with Gasteiger partial charge < -0.3 is 9.47 Å². The van der Waals surface area contributed by atoms with Crippen LogP contribution < -0.4 is 0 Å². The van der Waals surface area contributed by atoms with Crippen LogP contribution in [0.4, 0.5) is 0 Å². The predicted molar refractivity (Wildman–Crippen MR) is 96.2 cm³/mol. The number of amides is 1. The summed E-state index contributed by atoms with van der Waals surface area (Å²) in [4.78, 5) is 18.3. The van der Waals surface area contributed by atoms with Crippen molar-refractivity contribution in [2.75, 3.05) is 7.05 Å². The molecule has 0 atom stereocenters. The third-order valence-electron chi connectivity index (χ3n) is 4.26. The SMILES string of the molecule is Cc1nccn1CCCC(=O)N(C)Cc1ccc(-n2cccn2)cc1. The standard InChI is InChI=1S/C19H23N5O/c1-16-20-11-14-23(16)12-3-5-19(25)22(2)15-17-6-8-18(9-7-17)24-13-4-10-21-24/h4,6-11,13-14H,3,5,12,15H2,1-2H3. The van der Waals surface area contributed by atoms with Gasteiger partial charge in [0.2, 0.25) is 5.91 Å². The van der Waals surface area contributed by atoms with Gasteiger partial charge in [-0.15, -0.1) is 0 Å². The fraction of sp³-hybridized carbons (Fsp3) is 0.316. The lowest BCUT2D eigenvalue weighted by Crippen LogP contribution is -2.26. The Hall–Kier alpha value is -2.89. The molecule has 0 aliphatic carbocycles. The van der Waals surface area contributed by atoms with E-state index < -0.39 is 0 Å². The zero-order valence-electron chi connectivity index (χ0n) is 14.7. The van der Waals surface area contributed by atoms with E-state index in [4.69, 9.17) is 0 Å². The van der Waals surface area contributed by atoms with E-state index in [1.807, 2.05) is 61.4 Å². The molecule has 0 N–H and O–H groups in total. The lowest BCUT2D eigenvalue weighted by atomic mass is 10.2. The third kappa shape index (κ3) is 4.35. The number of aryl methyl sites for hydroxylation is 2. The highest BCUT2D eigenvalue weighted by molar-refractivity contribution is 5.75. The summed E-state index contributed by atoms with van der Waals surface area (Å²) >= 11 is 0. The minimum absolute atomic E-state index is 0.161. The Kier molecular flexibility index (Phi) is 5.28. The first-order valence-corrected chi connectivity index (χ1v) is 8.44. The van der Waals surface area contributed by atoms with E-state index in [1.54, 1.807) is 17.3 Å². The van der Waals surface area contributed by atoms with Crippen LogP contribution >= 0.6 is 0 Å². The quantitative estimate of drug-likeness (QED) is 0.666. The topological polar surface area (TPSA) is 56.0 Å². The maximum atomic E-state index is 12.3. The Morgan fingerprint density at radius 3 is 2.60 bits per heavy atom. The maximum absolute atomic E-state index is 12.3. The molecule has 0 aliphatic heterocycles. The lowest BCUT2D eigenvalue weighted by Gasteiger charge is -2.17. The predicted octanol–water partition coefficient (Wildman–Crippen LogP) is 2.82. The molecule has 1 amide bonds. The molecular formula is C19H23N5O. The van der Waals surface area contributed by atoms with Gasteiger partial charge in [-0.1, -0.05) is 12.1 Å². The molecule has 2 aromatic heterocycles. The highest BCUT2D eigenvalue weighted by Crippen LogP contribution is 2.11. The van der Waals surface area contributed by atoms with Crippen LogP contribution in [0.1, 0.15) is 24.2 Å². The molecule has 6 nitrogen and oxygen atoms in total. The van der Waals surface area contributed by atoms with E-state index in [1.165, 1.54) is 0 Å². The Labute approximate surface area is 147 Å². The van der Waals surface area contributed by atoms with E-state index in [0.717, 1.165) is 30.0 Å². The zero-order chi connectivity index (χ0) is 17.6. The molecule has 130 valence electrons. The molecule has 6 heteroatoms. The van der Waals surface area contributed by atoms with Crippen molar-refractivity contribution in [3.63, 3.8) is 0 Å². The summed E-state index contributed by atoms with van der Waals surface area (Å²) in [5.41, 5.74) is 2.12. The number of nitrogens with zero attached hydrogens (tertiary/aromatic N) is 5. The number of aromatic nitrogens is 4. The summed E-state index contributed by atoms with van der Waals surface area (Å²) in [5.74, 6) is 1.15. The molecule has 0 saturated carbocycles. The van der Waals surface area contributed by atoms with Gasteiger partial charge in [-0.2, -0.15) is 5.10 Å². The molecule has 0 bridgehead atoms. The molecule has 2 heterocycles. The molecule has 3 rings (SSSR count). The Bertz CT molecular complexity index is 805. The minimum Gasteiger partial charge on any atom is -0.341 e. The second-order valence-electron chi connectivity index (χ2n) is 6.14. The molecule has 25 heavy (non-hydrogen) atoms. The number of hydrogen-bond acceptors (Lipinski definition) is 3. The van der Waals surface area contributed by atoms with Crippen molar-refractivity contribution in [3.8, 4) is 5.69 Å². The Morgan fingerprint density at radius 1 is 1.16 bits per heavy atom. The van der Waals surface area contributed by atoms with Gasteiger partial charge in [-0.05, 0) is 37.1 Å². The van der Waals surface area contributed by atoms with Crippen LogP contribution in [0.2, 0.25) is 0 Å². The fourth-order valence-corrected chi connectivity index (χ4v) is 2.77. The molecule has 0 saturated heterocycles. The Balaban J connectivity index is 1.48. The van der Waals surface area contributed by atoms with Crippen molar-refractivity contribution in [1.29, 1.82) is 0 Å². The molecule has 0 spiro atoms. The van der Waals surface area contributed by atoms with Crippen LogP contribution in [0.5, 0.6) is 0 Å². The van der Waals surface area contributed by atoms with Crippen molar-refractivity contribution >= 4 is 5.91 Å². The molecular weight excluding hydrogens is 314 g/mol. The second-order valence-corrected chi connectivity index (χ2v) is 6.14. The average molecular weight is 337 g/mol. The molecule has 0 unspecified atom stereocenters. The highest BCUT2D eigenvalue weighted by atomic mass is 16.2. The van der Waals surface area contributed by atoms with Crippen LogP contribution in [0.25, 0.3) is 5.69 Å².